The molecule has 1 aromatic rings. The Morgan fingerprint density at radius 1 is 1.53 bits per heavy atom. The molecule has 0 saturated carbocycles. The van der Waals surface area contributed by atoms with Gasteiger partial charge in [0, 0.05) is 11.0 Å². The molecular weight excluding hydrogens is 306 g/mol. The average molecular weight is 326 g/mol. The molecule has 2 rings (SSSR count). The van der Waals surface area contributed by atoms with E-state index < -0.39 is 6.09 Å². The predicted molar refractivity (Wildman–Crippen MR) is 79.8 cm³/mol. The molecule has 0 radical (unpaired) electrons. The minimum Gasteiger partial charge on any atom is -0.465 e. The summed E-state index contributed by atoms with van der Waals surface area (Å²) in [5.74, 6) is 0.451. The maximum atomic E-state index is 10.5. The average Bonchev–Trinajstić information content (AvgIpc) is 2.31. The van der Waals surface area contributed by atoms with E-state index in [2.05, 4.69) is 53.3 Å². The van der Waals surface area contributed by atoms with Gasteiger partial charge in [-0.1, -0.05) is 41.9 Å². The molecule has 19 heavy (non-hydrogen) atoms. The Morgan fingerprint density at radius 3 is 2.95 bits per heavy atom. The first-order valence-electron chi connectivity index (χ1n) is 6.67. The second-order valence-electron chi connectivity index (χ2n) is 5.84. The molecule has 1 amide bonds. The lowest BCUT2D eigenvalue weighted by Gasteiger charge is -2.38. The van der Waals surface area contributed by atoms with Crippen LogP contribution in [0.2, 0.25) is 0 Å². The van der Waals surface area contributed by atoms with Crippen LogP contribution in [0, 0.1) is 0 Å². The lowest BCUT2D eigenvalue weighted by molar-refractivity contribution is 0.194. The molecule has 0 heterocycles. The molecule has 0 aromatic heterocycles. The Morgan fingerprint density at radius 2 is 2.26 bits per heavy atom. The van der Waals surface area contributed by atoms with Gasteiger partial charge in [0.15, 0.2) is 0 Å². The number of rotatable bonds is 3. The highest BCUT2D eigenvalue weighted by atomic mass is 79.9. The maximum absolute atomic E-state index is 10.5. The van der Waals surface area contributed by atoms with Gasteiger partial charge in [-0.25, -0.2) is 4.79 Å². The minimum absolute atomic E-state index is 0.187. The van der Waals surface area contributed by atoms with Crippen molar-refractivity contribution < 1.29 is 9.90 Å². The molecule has 1 aliphatic carbocycles. The lowest BCUT2D eigenvalue weighted by Crippen LogP contribution is -2.29. The van der Waals surface area contributed by atoms with Gasteiger partial charge < -0.3 is 10.4 Å². The van der Waals surface area contributed by atoms with E-state index in [1.54, 1.807) is 0 Å². The van der Waals surface area contributed by atoms with E-state index in [9.17, 15) is 4.79 Å². The van der Waals surface area contributed by atoms with Crippen molar-refractivity contribution in [2.24, 2.45) is 0 Å². The van der Waals surface area contributed by atoms with Crippen LogP contribution < -0.4 is 5.32 Å². The standard InChI is InChI=1S/C15H20BrNO2/c1-15(2)8-6-10(7-9-17-14(18)19)11-4-3-5-12(16)13(11)15/h3-5,10,17H,6-9H2,1-2H3,(H,18,19). The van der Waals surface area contributed by atoms with E-state index in [4.69, 9.17) is 5.11 Å². The van der Waals surface area contributed by atoms with Crippen LogP contribution in [-0.2, 0) is 5.41 Å². The Bertz CT molecular complexity index is 485. The number of amides is 1. The number of carboxylic acid groups (broad SMARTS) is 1. The number of carbonyl (C=O) groups is 1. The van der Waals surface area contributed by atoms with E-state index in [-0.39, 0.29) is 5.41 Å². The molecule has 3 nitrogen and oxygen atoms in total. The summed E-state index contributed by atoms with van der Waals surface area (Å²) in [6.45, 7) is 5.08. The monoisotopic (exact) mass is 325 g/mol. The Balaban J connectivity index is 2.22. The van der Waals surface area contributed by atoms with Crippen molar-refractivity contribution in [3.05, 3.63) is 33.8 Å². The van der Waals surface area contributed by atoms with Crippen molar-refractivity contribution in [1.82, 2.24) is 5.32 Å². The van der Waals surface area contributed by atoms with Crippen molar-refractivity contribution in [2.75, 3.05) is 6.54 Å². The first-order chi connectivity index (χ1) is 8.92. The van der Waals surface area contributed by atoms with E-state index in [1.807, 2.05) is 0 Å². The third-order valence-corrected chi connectivity index (χ3v) is 4.71. The van der Waals surface area contributed by atoms with Crippen LogP contribution in [0.4, 0.5) is 4.79 Å². The summed E-state index contributed by atoms with van der Waals surface area (Å²) >= 11 is 3.67. The fraction of sp³-hybridized carbons (Fsp3) is 0.533. The smallest absolute Gasteiger partial charge is 0.404 e. The van der Waals surface area contributed by atoms with E-state index in [0.717, 1.165) is 19.3 Å². The number of halogens is 1. The molecule has 104 valence electrons. The molecule has 4 heteroatoms. The van der Waals surface area contributed by atoms with Crippen molar-refractivity contribution in [3.8, 4) is 0 Å². The summed E-state index contributed by atoms with van der Waals surface area (Å²) < 4.78 is 1.17. The topological polar surface area (TPSA) is 49.3 Å². The van der Waals surface area contributed by atoms with Crippen molar-refractivity contribution in [3.63, 3.8) is 0 Å². The Kier molecular flexibility index (Phi) is 4.19. The summed E-state index contributed by atoms with van der Waals surface area (Å²) in [4.78, 5) is 10.5. The number of benzene rings is 1. The maximum Gasteiger partial charge on any atom is 0.404 e. The molecular formula is C15H20BrNO2. The summed E-state index contributed by atoms with van der Waals surface area (Å²) in [5.41, 5.74) is 2.95. The molecule has 0 bridgehead atoms. The third-order valence-electron chi connectivity index (χ3n) is 4.05. The molecule has 0 aliphatic heterocycles. The van der Waals surface area contributed by atoms with Crippen molar-refractivity contribution in [2.45, 2.75) is 44.4 Å². The lowest BCUT2D eigenvalue weighted by atomic mass is 9.68. The predicted octanol–water partition coefficient (Wildman–Crippen LogP) is 4.26. The fourth-order valence-electron chi connectivity index (χ4n) is 3.06. The van der Waals surface area contributed by atoms with Gasteiger partial charge in [-0.15, -0.1) is 0 Å². The molecule has 1 aromatic carbocycles. The molecule has 0 saturated heterocycles. The number of hydrogen-bond acceptors (Lipinski definition) is 1. The van der Waals surface area contributed by atoms with Crippen molar-refractivity contribution >= 4 is 22.0 Å². The molecule has 0 fully saturated rings. The Labute approximate surface area is 122 Å². The summed E-state index contributed by atoms with van der Waals surface area (Å²) in [6.07, 6.45) is 2.19. The molecule has 0 spiro atoms. The summed E-state index contributed by atoms with van der Waals surface area (Å²) in [5, 5.41) is 11.1. The SMILES string of the molecule is CC1(C)CCC(CCNC(=O)O)c2cccc(Br)c21. The van der Waals surface area contributed by atoms with Gasteiger partial charge in [-0.3, -0.25) is 0 Å². The first-order valence-corrected chi connectivity index (χ1v) is 7.47. The summed E-state index contributed by atoms with van der Waals surface area (Å²) in [7, 11) is 0. The van der Waals surface area contributed by atoms with Crippen molar-refractivity contribution in [1.29, 1.82) is 0 Å². The van der Waals surface area contributed by atoms with Gasteiger partial charge in [0.05, 0.1) is 0 Å². The van der Waals surface area contributed by atoms with Gasteiger partial charge in [0.1, 0.15) is 0 Å². The quantitative estimate of drug-likeness (QED) is 0.872. The minimum atomic E-state index is -0.939. The number of fused-ring (bicyclic) bond motifs is 1. The summed E-state index contributed by atoms with van der Waals surface area (Å²) in [6, 6.07) is 6.35. The molecule has 1 atom stereocenters. The van der Waals surface area contributed by atoms with Crippen LogP contribution in [0.1, 0.15) is 50.2 Å². The highest BCUT2D eigenvalue weighted by Crippen LogP contribution is 2.46. The van der Waals surface area contributed by atoms with E-state index in [0.29, 0.717) is 12.5 Å². The normalized spacial score (nSPS) is 20.7. The zero-order valence-electron chi connectivity index (χ0n) is 11.4. The van der Waals surface area contributed by atoms with Gasteiger partial charge in [-0.05, 0) is 47.8 Å². The van der Waals surface area contributed by atoms with E-state index >= 15 is 0 Å². The molecule has 1 unspecified atom stereocenters. The highest BCUT2D eigenvalue weighted by molar-refractivity contribution is 9.10. The van der Waals surface area contributed by atoms with Crippen LogP contribution in [0.3, 0.4) is 0 Å². The molecule has 2 N–H and O–H groups in total. The van der Waals surface area contributed by atoms with Crippen LogP contribution in [0.25, 0.3) is 0 Å². The van der Waals surface area contributed by atoms with Crippen LogP contribution in [0.15, 0.2) is 22.7 Å². The number of nitrogens with one attached hydrogen (secondary N) is 1. The fourth-order valence-corrected chi connectivity index (χ4v) is 3.98. The zero-order valence-corrected chi connectivity index (χ0v) is 13.0. The van der Waals surface area contributed by atoms with Gasteiger partial charge in [0.2, 0.25) is 0 Å². The largest absolute Gasteiger partial charge is 0.465 e. The first kappa shape index (κ1) is 14.4. The second-order valence-corrected chi connectivity index (χ2v) is 6.70. The highest BCUT2D eigenvalue weighted by Gasteiger charge is 2.33. The zero-order chi connectivity index (χ0) is 14.0. The van der Waals surface area contributed by atoms with Crippen LogP contribution in [-0.4, -0.2) is 17.7 Å². The van der Waals surface area contributed by atoms with Crippen LogP contribution >= 0.6 is 15.9 Å². The third kappa shape index (κ3) is 3.11. The van der Waals surface area contributed by atoms with E-state index in [1.165, 1.54) is 15.6 Å². The second kappa shape index (κ2) is 5.53. The molecule has 1 aliphatic rings. The van der Waals surface area contributed by atoms with Gasteiger partial charge in [0.25, 0.3) is 0 Å². The van der Waals surface area contributed by atoms with Gasteiger partial charge >= 0.3 is 6.09 Å². The van der Waals surface area contributed by atoms with Crippen LogP contribution in [0.5, 0.6) is 0 Å². The van der Waals surface area contributed by atoms with Gasteiger partial charge in [-0.2, -0.15) is 0 Å². The number of hydrogen-bond donors (Lipinski definition) is 2. The Hall–Kier alpha value is -1.03.